The van der Waals surface area contributed by atoms with Gasteiger partial charge < -0.3 is 15.0 Å². The van der Waals surface area contributed by atoms with E-state index >= 15 is 0 Å². The molecule has 1 aromatic heterocycles. The standard InChI is InChI=1S/C19H22N4O3/c1-4-18(24)22(2)14-7-5-13(6-8-14)19(25)20-11-16-15-12-26-10-9-17(15)23(3)21-16/h4-8H,1,9-12H2,2-3H3,(H,20,25). The summed E-state index contributed by atoms with van der Waals surface area (Å²) in [5, 5.41) is 7.39. The Labute approximate surface area is 152 Å². The van der Waals surface area contributed by atoms with Gasteiger partial charge in [0.05, 0.1) is 25.5 Å². The lowest BCUT2D eigenvalue weighted by Crippen LogP contribution is -2.25. The van der Waals surface area contributed by atoms with Gasteiger partial charge in [-0.1, -0.05) is 6.58 Å². The largest absolute Gasteiger partial charge is 0.376 e. The number of rotatable bonds is 5. The summed E-state index contributed by atoms with van der Waals surface area (Å²) in [5.41, 5.74) is 4.29. The molecule has 0 unspecified atom stereocenters. The van der Waals surface area contributed by atoms with Crippen LogP contribution in [-0.2, 0) is 36.2 Å². The minimum absolute atomic E-state index is 0.189. The van der Waals surface area contributed by atoms with Crippen molar-refractivity contribution in [2.45, 2.75) is 19.6 Å². The monoisotopic (exact) mass is 354 g/mol. The highest BCUT2D eigenvalue weighted by Crippen LogP contribution is 2.20. The van der Waals surface area contributed by atoms with Crippen molar-refractivity contribution < 1.29 is 14.3 Å². The van der Waals surface area contributed by atoms with E-state index in [-0.39, 0.29) is 11.8 Å². The summed E-state index contributed by atoms with van der Waals surface area (Å²) >= 11 is 0. The van der Waals surface area contributed by atoms with Crippen LogP contribution in [-0.4, -0.2) is 35.2 Å². The number of carbonyl (C=O) groups is 2. The molecule has 0 bridgehead atoms. The summed E-state index contributed by atoms with van der Waals surface area (Å²) in [7, 11) is 3.57. The van der Waals surface area contributed by atoms with Crippen LogP contribution < -0.4 is 10.2 Å². The number of carbonyl (C=O) groups excluding carboxylic acids is 2. The molecule has 2 amide bonds. The van der Waals surface area contributed by atoms with Crippen LogP contribution in [0.15, 0.2) is 36.9 Å². The molecule has 0 spiro atoms. The number of aromatic nitrogens is 2. The second-order valence-electron chi connectivity index (χ2n) is 6.13. The van der Waals surface area contributed by atoms with Gasteiger partial charge in [0.15, 0.2) is 0 Å². The van der Waals surface area contributed by atoms with Gasteiger partial charge in [0.1, 0.15) is 0 Å². The molecule has 0 atom stereocenters. The molecule has 7 heteroatoms. The molecule has 0 saturated carbocycles. The molecule has 0 aliphatic carbocycles. The van der Waals surface area contributed by atoms with Gasteiger partial charge in [0.25, 0.3) is 5.91 Å². The Balaban J connectivity index is 1.66. The molecular formula is C19H22N4O3. The predicted molar refractivity (Wildman–Crippen MR) is 97.8 cm³/mol. The molecule has 7 nitrogen and oxygen atoms in total. The third-order valence-electron chi connectivity index (χ3n) is 4.53. The van der Waals surface area contributed by atoms with E-state index < -0.39 is 0 Å². The van der Waals surface area contributed by atoms with Crippen molar-refractivity contribution in [2.24, 2.45) is 7.05 Å². The molecule has 1 aliphatic rings. The van der Waals surface area contributed by atoms with Crippen molar-refractivity contribution in [3.63, 3.8) is 0 Å². The lowest BCUT2D eigenvalue weighted by molar-refractivity contribution is -0.113. The molecule has 2 aromatic rings. The number of likely N-dealkylation sites (N-methyl/N-ethyl adjacent to an activating group) is 1. The van der Waals surface area contributed by atoms with E-state index in [4.69, 9.17) is 4.74 Å². The molecule has 1 N–H and O–H groups in total. The zero-order valence-electron chi connectivity index (χ0n) is 15.0. The molecule has 3 rings (SSSR count). The van der Waals surface area contributed by atoms with E-state index in [0.29, 0.717) is 31.0 Å². The molecule has 26 heavy (non-hydrogen) atoms. The van der Waals surface area contributed by atoms with Crippen molar-refractivity contribution in [1.82, 2.24) is 15.1 Å². The van der Waals surface area contributed by atoms with E-state index in [1.807, 2.05) is 11.7 Å². The van der Waals surface area contributed by atoms with Gasteiger partial charge in [-0.05, 0) is 30.3 Å². The number of fused-ring (bicyclic) bond motifs is 1. The molecule has 0 fully saturated rings. The van der Waals surface area contributed by atoms with Crippen LogP contribution in [0.1, 0.15) is 27.3 Å². The van der Waals surface area contributed by atoms with Crippen LogP contribution in [0.4, 0.5) is 5.69 Å². The van der Waals surface area contributed by atoms with Crippen LogP contribution in [0.5, 0.6) is 0 Å². The summed E-state index contributed by atoms with van der Waals surface area (Å²) < 4.78 is 7.36. The van der Waals surface area contributed by atoms with Crippen LogP contribution in [0.25, 0.3) is 0 Å². The van der Waals surface area contributed by atoms with Gasteiger partial charge >= 0.3 is 0 Å². The Morgan fingerprint density at radius 1 is 1.38 bits per heavy atom. The van der Waals surface area contributed by atoms with Gasteiger partial charge in [-0.15, -0.1) is 0 Å². The third kappa shape index (κ3) is 3.52. The minimum atomic E-state index is -0.204. The maximum absolute atomic E-state index is 12.4. The van der Waals surface area contributed by atoms with E-state index in [2.05, 4.69) is 17.0 Å². The van der Waals surface area contributed by atoms with Crippen molar-refractivity contribution in [3.8, 4) is 0 Å². The van der Waals surface area contributed by atoms with E-state index in [1.165, 1.54) is 16.7 Å². The van der Waals surface area contributed by atoms with Crippen molar-refractivity contribution >= 4 is 17.5 Å². The van der Waals surface area contributed by atoms with Gasteiger partial charge in [-0.3, -0.25) is 14.3 Å². The van der Waals surface area contributed by atoms with Crippen LogP contribution in [0.2, 0.25) is 0 Å². The first kappa shape index (κ1) is 17.9. The van der Waals surface area contributed by atoms with Crippen molar-refractivity contribution in [3.05, 3.63) is 59.4 Å². The van der Waals surface area contributed by atoms with E-state index in [0.717, 1.165) is 17.7 Å². The van der Waals surface area contributed by atoms with E-state index in [1.54, 1.807) is 31.3 Å². The maximum Gasteiger partial charge on any atom is 0.251 e. The quantitative estimate of drug-likeness (QED) is 0.827. The summed E-state index contributed by atoms with van der Waals surface area (Å²) in [4.78, 5) is 25.5. The first-order valence-electron chi connectivity index (χ1n) is 8.41. The Kier molecular flexibility index (Phi) is 5.18. The molecule has 0 radical (unpaired) electrons. The zero-order valence-corrected chi connectivity index (χ0v) is 15.0. The molecular weight excluding hydrogens is 332 g/mol. The average Bonchev–Trinajstić information content (AvgIpc) is 3.01. The zero-order chi connectivity index (χ0) is 18.7. The topological polar surface area (TPSA) is 76.5 Å². The fraction of sp³-hybridized carbons (Fsp3) is 0.316. The highest BCUT2D eigenvalue weighted by molar-refractivity contribution is 6.01. The number of nitrogens with zero attached hydrogens (tertiary/aromatic N) is 3. The summed E-state index contributed by atoms with van der Waals surface area (Å²) in [6, 6.07) is 6.84. The number of aryl methyl sites for hydroxylation is 1. The fourth-order valence-electron chi connectivity index (χ4n) is 2.99. The fourth-order valence-corrected chi connectivity index (χ4v) is 2.99. The molecule has 0 saturated heterocycles. The Morgan fingerprint density at radius 2 is 2.12 bits per heavy atom. The maximum atomic E-state index is 12.4. The van der Waals surface area contributed by atoms with Gasteiger partial charge in [-0.25, -0.2) is 0 Å². The summed E-state index contributed by atoms with van der Waals surface area (Å²) in [6.45, 7) is 5.05. The second-order valence-corrected chi connectivity index (χ2v) is 6.13. The number of ether oxygens (including phenoxy) is 1. The summed E-state index contributed by atoms with van der Waals surface area (Å²) in [5.74, 6) is -0.394. The van der Waals surface area contributed by atoms with Crippen LogP contribution in [0.3, 0.4) is 0 Å². The number of nitrogens with one attached hydrogen (secondary N) is 1. The Morgan fingerprint density at radius 3 is 2.81 bits per heavy atom. The van der Waals surface area contributed by atoms with Crippen molar-refractivity contribution in [1.29, 1.82) is 0 Å². The van der Waals surface area contributed by atoms with Gasteiger partial charge in [0.2, 0.25) is 5.91 Å². The smallest absolute Gasteiger partial charge is 0.251 e. The molecule has 1 aromatic carbocycles. The number of amides is 2. The summed E-state index contributed by atoms with van der Waals surface area (Å²) in [6.07, 6.45) is 2.09. The molecule has 136 valence electrons. The van der Waals surface area contributed by atoms with Crippen LogP contribution >= 0.6 is 0 Å². The third-order valence-corrected chi connectivity index (χ3v) is 4.53. The number of anilines is 1. The Bertz CT molecular complexity index is 839. The lowest BCUT2D eigenvalue weighted by Gasteiger charge is -2.15. The normalized spacial score (nSPS) is 13.0. The average molecular weight is 354 g/mol. The SMILES string of the molecule is C=CC(=O)N(C)c1ccc(C(=O)NCc2nn(C)c3c2COCC3)cc1. The first-order valence-corrected chi connectivity index (χ1v) is 8.41. The lowest BCUT2D eigenvalue weighted by atomic mass is 10.1. The van der Waals surface area contributed by atoms with E-state index in [9.17, 15) is 9.59 Å². The van der Waals surface area contributed by atoms with Crippen molar-refractivity contribution in [2.75, 3.05) is 18.6 Å². The minimum Gasteiger partial charge on any atom is -0.376 e. The molecule has 2 heterocycles. The highest BCUT2D eigenvalue weighted by atomic mass is 16.5. The first-order chi connectivity index (χ1) is 12.5. The number of hydrogen-bond acceptors (Lipinski definition) is 4. The Hall–Kier alpha value is -2.93. The predicted octanol–water partition coefficient (Wildman–Crippen LogP) is 1.57. The molecule has 1 aliphatic heterocycles. The number of benzene rings is 1. The number of hydrogen-bond donors (Lipinski definition) is 1. The second kappa shape index (κ2) is 7.53. The van der Waals surface area contributed by atoms with Gasteiger partial charge in [0, 0.05) is 43.0 Å². The van der Waals surface area contributed by atoms with Crippen LogP contribution in [0, 0.1) is 0 Å². The van der Waals surface area contributed by atoms with Gasteiger partial charge in [-0.2, -0.15) is 5.10 Å². The highest BCUT2D eigenvalue weighted by Gasteiger charge is 2.20.